The number of aliphatic hydroxyl groups excluding tert-OH is 1. The molecular weight excluding hydrogens is 158 g/mol. The van der Waals surface area contributed by atoms with Gasteiger partial charge in [-0.1, -0.05) is 0 Å². The standard InChI is InChI=1S/C6H13N5O/c1-8-6-10-9-5(11(6)2)4(12)3-7/h4,12H,3,7H2,1-2H3,(H,8,10)/t4-/m0/s1. The molecule has 1 atom stereocenters. The number of anilines is 1. The third kappa shape index (κ3) is 1.39. The number of nitrogens with zero attached hydrogens (tertiary/aromatic N) is 3. The molecule has 0 radical (unpaired) electrons. The van der Waals surface area contributed by atoms with Crippen molar-refractivity contribution >= 4 is 5.95 Å². The van der Waals surface area contributed by atoms with E-state index in [9.17, 15) is 5.11 Å². The average Bonchev–Trinajstić information content (AvgIpc) is 2.45. The van der Waals surface area contributed by atoms with Crippen molar-refractivity contribution in [2.24, 2.45) is 12.8 Å². The molecule has 0 aliphatic heterocycles. The molecule has 0 aliphatic carbocycles. The number of rotatable bonds is 3. The Kier molecular flexibility index (Phi) is 2.61. The first-order chi connectivity index (χ1) is 5.70. The van der Waals surface area contributed by atoms with Gasteiger partial charge in [0.15, 0.2) is 5.82 Å². The normalized spacial score (nSPS) is 13.0. The number of nitrogens with two attached hydrogens (primary N) is 1. The molecule has 68 valence electrons. The third-order valence-electron chi connectivity index (χ3n) is 1.65. The van der Waals surface area contributed by atoms with Gasteiger partial charge < -0.3 is 16.2 Å². The number of hydrogen-bond donors (Lipinski definition) is 3. The monoisotopic (exact) mass is 171 g/mol. The van der Waals surface area contributed by atoms with E-state index in [1.54, 1.807) is 18.7 Å². The molecule has 1 heterocycles. The Morgan fingerprint density at radius 3 is 2.75 bits per heavy atom. The van der Waals surface area contributed by atoms with Crippen LogP contribution in [0, 0.1) is 0 Å². The molecule has 1 aromatic rings. The lowest BCUT2D eigenvalue weighted by Crippen LogP contribution is -2.16. The minimum Gasteiger partial charge on any atom is -0.384 e. The van der Waals surface area contributed by atoms with E-state index in [1.807, 2.05) is 0 Å². The molecule has 1 aromatic heterocycles. The zero-order valence-electron chi connectivity index (χ0n) is 7.15. The second-order valence-corrected chi connectivity index (χ2v) is 2.44. The van der Waals surface area contributed by atoms with Gasteiger partial charge >= 0.3 is 0 Å². The predicted octanol–water partition coefficient (Wildman–Crippen LogP) is -1.15. The van der Waals surface area contributed by atoms with Gasteiger partial charge in [0.1, 0.15) is 6.10 Å². The molecule has 0 unspecified atom stereocenters. The molecule has 0 saturated heterocycles. The first kappa shape index (κ1) is 8.95. The van der Waals surface area contributed by atoms with Crippen molar-refractivity contribution in [3.05, 3.63) is 5.82 Å². The van der Waals surface area contributed by atoms with E-state index < -0.39 is 6.10 Å². The predicted molar refractivity (Wildman–Crippen MR) is 44.6 cm³/mol. The largest absolute Gasteiger partial charge is 0.384 e. The van der Waals surface area contributed by atoms with Crippen molar-refractivity contribution in [3.63, 3.8) is 0 Å². The highest BCUT2D eigenvalue weighted by Gasteiger charge is 2.14. The van der Waals surface area contributed by atoms with Gasteiger partial charge in [-0.15, -0.1) is 10.2 Å². The van der Waals surface area contributed by atoms with Crippen LogP contribution in [0.3, 0.4) is 0 Å². The van der Waals surface area contributed by atoms with Gasteiger partial charge in [-0.05, 0) is 0 Å². The minimum atomic E-state index is -0.746. The van der Waals surface area contributed by atoms with Crippen LogP contribution >= 0.6 is 0 Å². The SMILES string of the molecule is CNc1nnc([C@@H](O)CN)n1C. The summed E-state index contributed by atoms with van der Waals surface area (Å²) in [5.41, 5.74) is 5.27. The summed E-state index contributed by atoms with van der Waals surface area (Å²) in [5, 5.41) is 19.7. The highest BCUT2D eigenvalue weighted by molar-refractivity contribution is 5.24. The Balaban J connectivity index is 2.93. The second-order valence-electron chi connectivity index (χ2n) is 2.44. The van der Waals surface area contributed by atoms with Crippen LogP contribution in [0.4, 0.5) is 5.95 Å². The molecule has 12 heavy (non-hydrogen) atoms. The van der Waals surface area contributed by atoms with E-state index in [-0.39, 0.29) is 6.54 Å². The van der Waals surface area contributed by atoms with Crippen LogP contribution in [0.2, 0.25) is 0 Å². The average molecular weight is 171 g/mol. The summed E-state index contributed by atoms with van der Waals surface area (Å²) in [6, 6.07) is 0. The number of nitrogens with one attached hydrogen (secondary N) is 1. The molecule has 4 N–H and O–H groups in total. The highest BCUT2D eigenvalue weighted by atomic mass is 16.3. The van der Waals surface area contributed by atoms with Gasteiger partial charge in [-0.25, -0.2) is 0 Å². The lowest BCUT2D eigenvalue weighted by molar-refractivity contribution is 0.173. The van der Waals surface area contributed by atoms with Crippen LogP contribution in [-0.2, 0) is 7.05 Å². The third-order valence-corrected chi connectivity index (χ3v) is 1.65. The van der Waals surface area contributed by atoms with Crippen LogP contribution < -0.4 is 11.1 Å². The first-order valence-electron chi connectivity index (χ1n) is 3.66. The van der Waals surface area contributed by atoms with Crippen molar-refractivity contribution < 1.29 is 5.11 Å². The summed E-state index contributed by atoms with van der Waals surface area (Å²) in [4.78, 5) is 0. The van der Waals surface area contributed by atoms with E-state index in [0.29, 0.717) is 11.8 Å². The van der Waals surface area contributed by atoms with E-state index in [1.165, 1.54) is 0 Å². The summed E-state index contributed by atoms with van der Waals surface area (Å²) in [6.07, 6.45) is -0.746. The Hall–Kier alpha value is -1.14. The van der Waals surface area contributed by atoms with Crippen molar-refractivity contribution in [2.45, 2.75) is 6.10 Å². The maximum atomic E-state index is 9.34. The zero-order chi connectivity index (χ0) is 9.14. The molecule has 1 rings (SSSR count). The van der Waals surface area contributed by atoms with E-state index >= 15 is 0 Å². The van der Waals surface area contributed by atoms with Crippen LogP contribution in [0.1, 0.15) is 11.9 Å². The molecular formula is C6H13N5O. The van der Waals surface area contributed by atoms with Crippen LogP contribution in [0.15, 0.2) is 0 Å². The summed E-state index contributed by atoms with van der Waals surface area (Å²) in [5.74, 6) is 1.08. The van der Waals surface area contributed by atoms with Crippen molar-refractivity contribution in [1.29, 1.82) is 0 Å². The lowest BCUT2D eigenvalue weighted by Gasteiger charge is -2.06. The lowest BCUT2D eigenvalue weighted by atomic mass is 10.3. The fourth-order valence-electron chi connectivity index (χ4n) is 0.955. The van der Waals surface area contributed by atoms with Gasteiger partial charge in [-0.2, -0.15) is 0 Å². The van der Waals surface area contributed by atoms with Crippen molar-refractivity contribution in [1.82, 2.24) is 14.8 Å². The van der Waals surface area contributed by atoms with Crippen LogP contribution in [-0.4, -0.2) is 33.5 Å². The smallest absolute Gasteiger partial charge is 0.224 e. The Labute approximate surface area is 70.4 Å². The Bertz CT molecular complexity index is 258. The summed E-state index contributed by atoms with van der Waals surface area (Å²) >= 11 is 0. The van der Waals surface area contributed by atoms with Gasteiger partial charge in [0.05, 0.1) is 0 Å². The van der Waals surface area contributed by atoms with E-state index in [0.717, 1.165) is 0 Å². The zero-order valence-corrected chi connectivity index (χ0v) is 7.15. The first-order valence-corrected chi connectivity index (χ1v) is 3.66. The maximum Gasteiger partial charge on any atom is 0.224 e. The molecule has 0 spiro atoms. The van der Waals surface area contributed by atoms with Gasteiger partial charge in [0.2, 0.25) is 5.95 Å². The summed E-state index contributed by atoms with van der Waals surface area (Å²) < 4.78 is 1.66. The van der Waals surface area contributed by atoms with Gasteiger partial charge in [-0.3, -0.25) is 4.57 Å². The molecule has 0 fully saturated rings. The molecule has 0 amide bonds. The Morgan fingerprint density at radius 1 is 1.67 bits per heavy atom. The number of aromatic nitrogens is 3. The van der Waals surface area contributed by atoms with Crippen LogP contribution in [0.5, 0.6) is 0 Å². The Morgan fingerprint density at radius 2 is 2.33 bits per heavy atom. The fourth-order valence-corrected chi connectivity index (χ4v) is 0.955. The summed E-state index contributed by atoms with van der Waals surface area (Å²) in [7, 11) is 3.50. The van der Waals surface area contributed by atoms with Crippen molar-refractivity contribution in [3.8, 4) is 0 Å². The van der Waals surface area contributed by atoms with Crippen LogP contribution in [0.25, 0.3) is 0 Å². The molecule has 0 bridgehead atoms. The quantitative estimate of drug-likeness (QED) is 0.534. The van der Waals surface area contributed by atoms with E-state index in [2.05, 4.69) is 15.5 Å². The summed E-state index contributed by atoms with van der Waals surface area (Å²) in [6.45, 7) is 0.148. The molecule has 0 saturated carbocycles. The highest BCUT2D eigenvalue weighted by Crippen LogP contribution is 2.10. The fraction of sp³-hybridized carbons (Fsp3) is 0.667. The van der Waals surface area contributed by atoms with Gasteiger partial charge in [0.25, 0.3) is 0 Å². The second kappa shape index (κ2) is 3.51. The van der Waals surface area contributed by atoms with E-state index in [4.69, 9.17) is 5.73 Å². The topological polar surface area (TPSA) is 89.0 Å². The molecule has 0 aromatic carbocycles. The number of hydrogen-bond acceptors (Lipinski definition) is 5. The number of aliphatic hydroxyl groups is 1. The van der Waals surface area contributed by atoms with Gasteiger partial charge in [0, 0.05) is 20.6 Å². The molecule has 6 nitrogen and oxygen atoms in total. The minimum absolute atomic E-state index is 0.148. The maximum absolute atomic E-state index is 9.34. The van der Waals surface area contributed by atoms with Crippen molar-refractivity contribution in [2.75, 3.05) is 18.9 Å². The molecule has 6 heteroatoms. The molecule has 0 aliphatic rings.